The van der Waals surface area contributed by atoms with Gasteiger partial charge in [-0.2, -0.15) is 0 Å². The van der Waals surface area contributed by atoms with Gasteiger partial charge in [0.1, 0.15) is 5.58 Å². The van der Waals surface area contributed by atoms with Crippen molar-refractivity contribution in [2.24, 2.45) is 0 Å². The standard InChI is InChI=1S/C42H27NO/c1-3-12-28(13-4-1)31-24-32(29-14-5-2-6-15-29)26-33(25-31)30-16-11-17-34(27-30)43-39-20-9-7-18-35(39)37-22-23-38-36-19-8-10-21-40(36)44-42(38)41(37)43/h1-27H. The Kier molecular flexibility index (Phi) is 5.54. The minimum atomic E-state index is 0.909. The van der Waals surface area contributed by atoms with E-state index in [0.29, 0.717) is 0 Å². The highest BCUT2D eigenvalue weighted by Gasteiger charge is 2.19. The smallest absolute Gasteiger partial charge is 0.160 e. The highest BCUT2D eigenvalue weighted by atomic mass is 16.3. The van der Waals surface area contributed by atoms with Crippen LogP contribution in [0.25, 0.3) is 82.8 Å². The molecule has 7 aromatic carbocycles. The second-order valence-corrected chi connectivity index (χ2v) is 11.4. The van der Waals surface area contributed by atoms with E-state index in [1.54, 1.807) is 0 Å². The maximum Gasteiger partial charge on any atom is 0.160 e. The molecule has 2 aromatic heterocycles. The molecule has 0 bridgehead atoms. The number of furan rings is 1. The summed E-state index contributed by atoms with van der Waals surface area (Å²) >= 11 is 0. The topological polar surface area (TPSA) is 18.1 Å². The maximum absolute atomic E-state index is 6.58. The highest BCUT2D eigenvalue weighted by molar-refractivity contribution is 6.21. The minimum absolute atomic E-state index is 0.909. The van der Waals surface area contributed by atoms with Crippen LogP contribution in [-0.4, -0.2) is 4.57 Å². The van der Waals surface area contributed by atoms with Crippen molar-refractivity contribution >= 4 is 43.7 Å². The third kappa shape index (κ3) is 3.89. The quantitative estimate of drug-likeness (QED) is 0.209. The number of fused-ring (bicyclic) bond motifs is 7. The van der Waals surface area contributed by atoms with Gasteiger partial charge in [-0.05, 0) is 81.9 Å². The Bertz CT molecular complexity index is 2420. The molecule has 0 saturated carbocycles. The van der Waals surface area contributed by atoms with E-state index in [-0.39, 0.29) is 0 Å². The van der Waals surface area contributed by atoms with Gasteiger partial charge in [0.15, 0.2) is 5.58 Å². The number of hydrogen-bond acceptors (Lipinski definition) is 1. The van der Waals surface area contributed by atoms with Crippen molar-refractivity contribution in [2.75, 3.05) is 0 Å². The first-order valence-electron chi connectivity index (χ1n) is 15.0. The van der Waals surface area contributed by atoms with Crippen molar-refractivity contribution in [2.45, 2.75) is 0 Å². The molecule has 9 aromatic rings. The molecule has 0 unspecified atom stereocenters. The Balaban J connectivity index is 1.30. The largest absolute Gasteiger partial charge is 0.454 e. The van der Waals surface area contributed by atoms with E-state index < -0.39 is 0 Å². The lowest BCUT2D eigenvalue weighted by Crippen LogP contribution is -1.95. The summed E-state index contributed by atoms with van der Waals surface area (Å²) in [5.41, 5.74) is 12.4. The van der Waals surface area contributed by atoms with Crippen molar-refractivity contribution in [1.29, 1.82) is 0 Å². The lowest BCUT2D eigenvalue weighted by atomic mass is 9.93. The zero-order chi connectivity index (χ0) is 29.0. The van der Waals surface area contributed by atoms with Gasteiger partial charge in [0.05, 0.1) is 11.0 Å². The molecular formula is C42H27NO. The summed E-state index contributed by atoms with van der Waals surface area (Å²) in [6, 6.07) is 58.5. The molecular weight excluding hydrogens is 534 g/mol. The van der Waals surface area contributed by atoms with Crippen LogP contribution in [0.5, 0.6) is 0 Å². The molecule has 0 saturated heterocycles. The van der Waals surface area contributed by atoms with Gasteiger partial charge in [-0.15, -0.1) is 0 Å². The van der Waals surface area contributed by atoms with Crippen LogP contribution in [0.1, 0.15) is 0 Å². The first-order valence-corrected chi connectivity index (χ1v) is 15.0. The molecule has 0 aliphatic carbocycles. The lowest BCUT2D eigenvalue weighted by molar-refractivity contribution is 0.671. The third-order valence-corrected chi connectivity index (χ3v) is 8.76. The Morgan fingerprint density at radius 2 is 0.932 bits per heavy atom. The molecule has 9 rings (SSSR count). The average Bonchev–Trinajstić information content (AvgIpc) is 3.65. The summed E-state index contributed by atoms with van der Waals surface area (Å²) in [7, 11) is 0. The zero-order valence-electron chi connectivity index (χ0n) is 23.9. The second-order valence-electron chi connectivity index (χ2n) is 11.4. The van der Waals surface area contributed by atoms with Crippen LogP contribution in [0, 0.1) is 0 Å². The maximum atomic E-state index is 6.58. The fraction of sp³-hybridized carbons (Fsp3) is 0. The summed E-state index contributed by atoms with van der Waals surface area (Å²) in [5.74, 6) is 0. The molecule has 2 heteroatoms. The van der Waals surface area contributed by atoms with Crippen molar-refractivity contribution in [3.05, 3.63) is 164 Å². The van der Waals surface area contributed by atoms with Crippen LogP contribution in [-0.2, 0) is 0 Å². The number of rotatable bonds is 4. The fourth-order valence-corrected chi connectivity index (χ4v) is 6.71. The van der Waals surface area contributed by atoms with Crippen LogP contribution >= 0.6 is 0 Å². The number of hydrogen-bond donors (Lipinski definition) is 0. The molecule has 2 nitrogen and oxygen atoms in total. The molecule has 0 N–H and O–H groups in total. The first-order chi connectivity index (χ1) is 21.8. The van der Waals surface area contributed by atoms with E-state index in [4.69, 9.17) is 4.42 Å². The van der Waals surface area contributed by atoms with Gasteiger partial charge in [-0.3, -0.25) is 0 Å². The van der Waals surface area contributed by atoms with Gasteiger partial charge in [-0.1, -0.05) is 115 Å². The van der Waals surface area contributed by atoms with E-state index in [1.165, 1.54) is 44.2 Å². The molecule has 206 valence electrons. The van der Waals surface area contributed by atoms with Gasteiger partial charge < -0.3 is 8.98 Å². The molecule has 0 amide bonds. The second kappa shape index (κ2) is 9.86. The van der Waals surface area contributed by atoms with Crippen molar-refractivity contribution in [3.8, 4) is 39.1 Å². The first kappa shape index (κ1) is 24.7. The molecule has 0 aliphatic rings. The van der Waals surface area contributed by atoms with Crippen LogP contribution in [0.4, 0.5) is 0 Å². The Labute approximate surface area is 255 Å². The molecule has 0 radical (unpaired) electrons. The van der Waals surface area contributed by atoms with Crippen LogP contribution in [0.2, 0.25) is 0 Å². The molecule has 0 spiro atoms. The van der Waals surface area contributed by atoms with E-state index in [1.807, 2.05) is 6.07 Å². The van der Waals surface area contributed by atoms with Gasteiger partial charge in [0.25, 0.3) is 0 Å². The summed E-state index contributed by atoms with van der Waals surface area (Å²) in [4.78, 5) is 0. The zero-order valence-corrected chi connectivity index (χ0v) is 23.9. The minimum Gasteiger partial charge on any atom is -0.454 e. The average molecular weight is 562 g/mol. The van der Waals surface area contributed by atoms with Gasteiger partial charge in [0, 0.05) is 27.2 Å². The number of para-hydroxylation sites is 2. The normalized spacial score (nSPS) is 11.6. The van der Waals surface area contributed by atoms with E-state index in [2.05, 4.69) is 162 Å². The Morgan fingerprint density at radius 3 is 1.66 bits per heavy atom. The van der Waals surface area contributed by atoms with Crippen LogP contribution in [0.15, 0.2) is 168 Å². The lowest BCUT2D eigenvalue weighted by Gasteiger charge is -2.13. The molecule has 2 heterocycles. The number of aromatic nitrogens is 1. The van der Waals surface area contributed by atoms with Crippen molar-refractivity contribution < 1.29 is 4.42 Å². The van der Waals surface area contributed by atoms with Crippen LogP contribution in [0.3, 0.4) is 0 Å². The number of nitrogens with zero attached hydrogens (tertiary/aromatic N) is 1. The monoisotopic (exact) mass is 561 g/mol. The molecule has 0 fully saturated rings. The third-order valence-electron chi connectivity index (χ3n) is 8.76. The summed E-state index contributed by atoms with van der Waals surface area (Å²) in [5, 5.41) is 4.68. The van der Waals surface area contributed by atoms with E-state index in [0.717, 1.165) is 38.7 Å². The molecule has 0 aliphatic heterocycles. The van der Waals surface area contributed by atoms with Gasteiger partial charge in [0.2, 0.25) is 0 Å². The summed E-state index contributed by atoms with van der Waals surface area (Å²) in [6.45, 7) is 0. The Morgan fingerprint density at radius 1 is 0.364 bits per heavy atom. The predicted octanol–water partition coefficient (Wildman–Crippen LogP) is 11.7. The summed E-state index contributed by atoms with van der Waals surface area (Å²) < 4.78 is 8.95. The van der Waals surface area contributed by atoms with Gasteiger partial charge >= 0.3 is 0 Å². The van der Waals surface area contributed by atoms with Crippen molar-refractivity contribution in [1.82, 2.24) is 4.57 Å². The predicted molar refractivity (Wildman–Crippen MR) is 184 cm³/mol. The van der Waals surface area contributed by atoms with E-state index >= 15 is 0 Å². The van der Waals surface area contributed by atoms with Gasteiger partial charge in [-0.25, -0.2) is 0 Å². The fourth-order valence-electron chi connectivity index (χ4n) is 6.71. The highest BCUT2D eigenvalue weighted by Crippen LogP contribution is 2.41. The van der Waals surface area contributed by atoms with Crippen molar-refractivity contribution in [3.63, 3.8) is 0 Å². The Hall–Kier alpha value is -5.86. The molecule has 0 atom stereocenters. The van der Waals surface area contributed by atoms with Crippen LogP contribution < -0.4 is 0 Å². The summed E-state index contributed by atoms with van der Waals surface area (Å²) in [6.07, 6.45) is 0. The SMILES string of the molecule is c1ccc(-c2cc(-c3ccccc3)cc(-c3cccc(-n4c5ccccc5c5ccc6c7ccccc7oc6c54)c3)c2)cc1. The number of benzene rings is 7. The molecule has 44 heavy (non-hydrogen) atoms. The van der Waals surface area contributed by atoms with E-state index in [9.17, 15) is 0 Å².